The van der Waals surface area contributed by atoms with Crippen molar-refractivity contribution >= 4 is 22.6 Å². The first-order valence-electron chi connectivity index (χ1n) is 10.1. The molecule has 1 aromatic heterocycles. The summed E-state index contributed by atoms with van der Waals surface area (Å²) in [6.07, 6.45) is 8.70. The van der Waals surface area contributed by atoms with Crippen molar-refractivity contribution in [3.05, 3.63) is 41.2 Å². The summed E-state index contributed by atoms with van der Waals surface area (Å²) in [5, 5.41) is 4.18. The Morgan fingerprint density at radius 1 is 1.15 bits per heavy atom. The predicted octanol–water partition coefficient (Wildman–Crippen LogP) is 3.86. The Kier molecular flexibility index (Phi) is 5.72. The Morgan fingerprint density at radius 2 is 1.93 bits per heavy atom. The average molecular weight is 385 g/mol. The van der Waals surface area contributed by atoms with E-state index in [9.17, 15) is 4.79 Å². The molecule has 1 aromatic carbocycles. The highest BCUT2D eigenvalue weighted by Crippen LogP contribution is 2.28. The number of hydrogen-bond acceptors (Lipinski definition) is 5. The van der Waals surface area contributed by atoms with Gasteiger partial charge in [-0.15, -0.1) is 0 Å². The summed E-state index contributed by atoms with van der Waals surface area (Å²) in [4.78, 5) is 19.7. The lowest BCUT2D eigenvalue weighted by Gasteiger charge is -2.27. The van der Waals surface area contributed by atoms with Gasteiger partial charge in [-0.3, -0.25) is 4.79 Å². The van der Waals surface area contributed by atoms with Crippen molar-refractivity contribution < 1.29 is 4.79 Å². The van der Waals surface area contributed by atoms with Gasteiger partial charge in [0.25, 0.3) is 0 Å². The van der Waals surface area contributed by atoms with Gasteiger partial charge < -0.3 is 10.2 Å². The van der Waals surface area contributed by atoms with Crippen molar-refractivity contribution in [2.75, 3.05) is 11.4 Å². The van der Waals surface area contributed by atoms with E-state index in [2.05, 4.69) is 45.8 Å². The van der Waals surface area contributed by atoms with Crippen molar-refractivity contribution in [2.45, 2.75) is 70.4 Å². The van der Waals surface area contributed by atoms with Crippen LogP contribution >= 0.6 is 11.5 Å². The Labute approximate surface area is 165 Å². The zero-order chi connectivity index (χ0) is 18.6. The van der Waals surface area contributed by atoms with Crippen LogP contribution in [0.25, 0.3) is 0 Å². The third kappa shape index (κ3) is 4.49. The quantitative estimate of drug-likeness (QED) is 0.850. The molecular formula is C21H28N4OS. The fourth-order valence-corrected chi connectivity index (χ4v) is 4.90. The van der Waals surface area contributed by atoms with Crippen LogP contribution in [0.4, 0.5) is 5.13 Å². The van der Waals surface area contributed by atoms with E-state index in [4.69, 9.17) is 4.98 Å². The number of hydrogen-bond donors (Lipinski definition) is 1. The number of anilines is 1. The minimum Gasteiger partial charge on any atom is -0.352 e. The molecule has 2 aromatic rings. The molecule has 1 aliphatic heterocycles. The van der Waals surface area contributed by atoms with Gasteiger partial charge in [0.1, 0.15) is 11.9 Å². The van der Waals surface area contributed by atoms with Gasteiger partial charge in [0, 0.05) is 30.5 Å². The maximum Gasteiger partial charge on any atom is 0.243 e. The smallest absolute Gasteiger partial charge is 0.243 e. The predicted molar refractivity (Wildman–Crippen MR) is 109 cm³/mol. The second-order valence-electron chi connectivity index (χ2n) is 7.85. The molecule has 1 amide bonds. The fraction of sp³-hybridized carbons (Fsp3) is 0.571. The van der Waals surface area contributed by atoms with Crippen LogP contribution < -0.4 is 10.2 Å². The Morgan fingerprint density at radius 3 is 2.70 bits per heavy atom. The molecule has 0 bridgehead atoms. The maximum absolute atomic E-state index is 12.8. The van der Waals surface area contributed by atoms with Crippen molar-refractivity contribution in [1.29, 1.82) is 0 Å². The fourth-order valence-electron chi connectivity index (χ4n) is 4.13. The van der Waals surface area contributed by atoms with E-state index >= 15 is 0 Å². The van der Waals surface area contributed by atoms with E-state index < -0.39 is 0 Å². The summed E-state index contributed by atoms with van der Waals surface area (Å²) in [5.74, 6) is 1.02. The van der Waals surface area contributed by atoms with Gasteiger partial charge in [0.15, 0.2) is 0 Å². The lowest BCUT2D eigenvalue weighted by atomic mass is 9.95. The zero-order valence-corrected chi connectivity index (χ0v) is 16.8. The molecule has 4 rings (SSSR count). The average Bonchev–Trinajstić information content (AvgIpc) is 3.33. The van der Waals surface area contributed by atoms with Crippen LogP contribution in [0.5, 0.6) is 0 Å². The number of aryl methyl sites for hydroxylation is 1. The van der Waals surface area contributed by atoms with E-state index in [0.29, 0.717) is 6.04 Å². The lowest BCUT2D eigenvalue weighted by molar-refractivity contribution is -0.123. The van der Waals surface area contributed by atoms with E-state index in [1.54, 1.807) is 0 Å². The normalized spacial score (nSPS) is 20.8. The van der Waals surface area contributed by atoms with Crippen LogP contribution in [0.15, 0.2) is 24.3 Å². The largest absolute Gasteiger partial charge is 0.352 e. The van der Waals surface area contributed by atoms with Crippen molar-refractivity contribution in [1.82, 2.24) is 14.7 Å². The molecule has 1 atom stereocenters. The number of amides is 1. The summed E-state index contributed by atoms with van der Waals surface area (Å²) in [6.45, 7) is 2.98. The molecule has 2 aliphatic rings. The summed E-state index contributed by atoms with van der Waals surface area (Å²) in [7, 11) is 0. The number of nitrogens with one attached hydrogen (secondary N) is 1. The Bertz CT molecular complexity index is 767. The highest BCUT2D eigenvalue weighted by Gasteiger charge is 2.34. The molecule has 0 radical (unpaired) electrons. The molecule has 0 unspecified atom stereocenters. The van der Waals surface area contributed by atoms with E-state index in [0.717, 1.165) is 49.6 Å². The molecule has 1 N–H and O–H groups in total. The van der Waals surface area contributed by atoms with E-state index in [-0.39, 0.29) is 11.9 Å². The monoisotopic (exact) mass is 384 g/mol. The van der Waals surface area contributed by atoms with Gasteiger partial charge in [-0.2, -0.15) is 4.37 Å². The van der Waals surface area contributed by atoms with Crippen molar-refractivity contribution in [3.63, 3.8) is 0 Å². The van der Waals surface area contributed by atoms with Crippen LogP contribution in [-0.2, 0) is 11.2 Å². The second kappa shape index (κ2) is 8.38. The second-order valence-corrected chi connectivity index (χ2v) is 8.58. The topological polar surface area (TPSA) is 58.1 Å². The number of aromatic nitrogens is 2. The lowest BCUT2D eigenvalue weighted by Crippen LogP contribution is -2.47. The van der Waals surface area contributed by atoms with Crippen LogP contribution in [0, 0.1) is 6.92 Å². The number of rotatable bonds is 5. The molecule has 2 fully saturated rings. The van der Waals surface area contributed by atoms with Gasteiger partial charge in [0.05, 0.1) is 0 Å². The standard InChI is InChI=1S/C21H28N4OS/c1-15-9-11-16(12-10-15)14-19-23-21(27-24-19)25-13-5-8-18(25)20(26)22-17-6-3-2-4-7-17/h9-12,17-18H,2-8,13-14H2,1H3,(H,22,26)/t18-/m0/s1. The molecule has 27 heavy (non-hydrogen) atoms. The third-order valence-corrected chi connectivity index (χ3v) is 6.48. The first-order chi connectivity index (χ1) is 13.2. The van der Waals surface area contributed by atoms with E-state index in [1.165, 1.54) is 41.9 Å². The summed E-state index contributed by atoms with van der Waals surface area (Å²) in [6, 6.07) is 8.77. The van der Waals surface area contributed by atoms with Gasteiger partial charge >= 0.3 is 0 Å². The number of nitrogens with zero attached hydrogens (tertiary/aromatic N) is 3. The van der Waals surface area contributed by atoms with Gasteiger partial charge in [0.2, 0.25) is 11.0 Å². The molecule has 1 saturated heterocycles. The number of carbonyl (C=O) groups is 1. The van der Waals surface area contributed by atoms with Crippen LogP contribution in [0.1, 0.15) is 61.9 Å². The highest BCUT2D eigenvalue weighted by atomic mass is 32.1. The first kappa shape index (κ1) is 18.4. The Balaban J connectivity index is 1.40. The minimum atomic E-state index is -0.0906. The third-order valence-electron chi connectivity index (χ3n) is 5.69. The van der Waals surface area contributed by atoms with Crippen LogP contribution in [0.2, 0.25) is 0 Å². The van der Waals surface area contributed by atoms with Crippen LogP contribution in [0.3, 0.4) is 0 Å². The summed E-state index contributed by atoms with van der Waals surface area (Å²) in [5.41, 5.74) is 2.48. The molecule has 144 valence electrons. The van der Waals surface area contributed by atoms with Gasteiger partial charge in [-0.25, -0.2) is 4.98 Å². The van der Waals surface area contributed by atoms with Crippen molar-refractivity contribution in [2.24, 2.45) is 0 Å². The molecular weight excluding hydrogens is 356 g/mol. The summed E-state index contributed by atoms with van der Waals surface area (Å²) < 4.78 is 4.55. The first-order valence-corrected chi connectivity index (χ1v) is 10.9. The highest BCUT2D eigenvalue weighted by molar-refractivity contribution is 7.09. The molecule has 2 heterocycles. The summed E-state index contributed by atoms with van der Waals surface area (Å²) >= 11 is 1.42. The zero-order valence-electron chi connectivity index (χ0n) is 16.0. The number of carbonyl (C=O) groups excluding carboxylic acids is 1. The molecule has 0 spiro atoms. The maximum atomic E-state index is 12.8. The van der Waals surface area contributed by atoms with Crippen LogP contribution in [-0.4, -0.2) is 33.9 Å². The molecule has 6 heteroatoms. The molecule has 1 aliphatic carbocycles. The van der Waals surface area contributed by atoms with Crippen molar-refractivity contribution in [3.8, 4) is 0 Å². The molecule has 5 nitrogen and oxygen atoms in total. The SMILES string of the molecule is Cc1ccc(Cc2nsc(N3CCC[C@H]3C(=O)NC3CCCCC3)n2)cc1. The van der Waals surface area contributed by atoms with Gasteiger partial charge in [-0.1, -0.05) is 49.1 Å². The van der Waals surface area contributed by atoms with E-state index in [1.807, 2.05) is 0 Å². The minimum absolute atomic E-state index is 0.0906. The Hall–Kier alpha value is -1.95. The number of benzene rings is 1. The van der Waals surface area contributed by atoms with Gasteiger partial charge in [-0.05, 0) is 38.2 Å². The molecule has 1 saturated carbocycles.